The molecule has 4 aromatic rings. The van der Waals surface area contributed by atoms with Gasteiger partial charge in [0, 0.05) is 35.1 Å². The second kappa shape index (κ2) is 3.73. The largest absolute Gasteiger partial charge is 0.368 e. The van der Waals surface area contributed by atoms with Crippen LogP contribution >= 0.6 is 0 Å². The first kappa shape index (κ1) is 10.9. The smallest absolute Gasteiger partial charge is 0.221 e. The summed E-state index contributed by atoms with van der Waals surface area (Å²) >= 11 is 0. The number of fused-ring (bicyclic) bond motifs is 2. The summed E-state index contributed by atoms with van der Waals surface area (Å²) in [4.78, 5) is 14.9. The lowest BCUT2D eigenvalue weighted by atomic mass is 10.1. The summed E-state index contributed by atoms with van der Waals surface area (Å²) in [6.45, 7) is 0. The van der Waals surface area contributed by atoms with Gasteiger partial charge < -0.3 is 10.7 Å². The summed E-state index contributed by atoms with van der Waals surface area (Å²) in [5, 5.41) is 4.71. The number of anilines is 1. The summed E-state index contributed by atoms with van der Waals surface area (Å²) in [5.74, 6) is -0.255. The maximum absolute atomic E-state index is 14.0. The van der Waals surface area contributed by atoms with Gasteiger partial charge in [-0.3, -0.25) is 0 Å². The first-order valence-corrected chi connectivity index (χ1v) is 5.81. The van der Waals surface area contributed by atoms with E-state index in [1.54, 1.807) is 18.6 Å². The zero-order valence-electron chi connectivity index (χ0n) is 10.1. The van der Waals surface area contributed by atoms with Gasteiger partial charge in [0.15, 0.2) is 11.5 Å². The van der Waals surface area contributed by atoms with Crippen LogP contribution in [-0.4, -0.2) is 29.5 Å². The first-order valence-electron chi connectivity index (χ1n) is 5.81. The fraction of sp³-hybridized carbons (Fsp3) is 0. The number of nitrogens with zero attached hydrogens (tertiary/aromatic N) is 5. The molecule has 0 aliphatic carbocycles. The molecule has 0 radical (unpaired) electrons. The van der Waals surface area contributed by atoms with E-state index in [1.165, 1.54) is 16.9 Å². The number of halogens is 1. The molecule has 0 fully saturated rings. The first-order chi connectivity index (χ1) is 9.72. The zero-order chi connectivity index (χ0) is 13.7. The average molecular weight is 269 g/mol. The monoisotopic (exact) mass is 269 g/mol. The molecule has 0 spiro atoms. The van der Waals surface area contributed by atoms with E-state index in [-0.39, 0.29) is 11.6 Å². The normalized spacial score (nSPS) is 11.4. The highest BCUT2D eigenvalue weighted by Gasteiger charge is 2.12. The van der Waals surface area contributed by atoms with Gasteiger partial charge in [-0.2, -0.15) is 10.1 Å². The van der Waals surface area contributed by atoms with E-state index in [4.69, 9.17) is 5.73 Å². The van der Waals surface area contributed by atoms with Crippen molar-refractivity contribution in [2.75, 3.05) is 5.73 Å². The molecule has 0 aliphatic heterocycles. The zero-order valence-corrected chi connectivity index (χ0v) is 10.1. The molecule has 98 valence electrons. The number of nitrogens with two attached hydrogens (primary N) is 1. The SMILES string of the molecule is Nc1ncc2c(-c3cc(F)c4ncnn4c3)c[nH]c2n1. The highest BCUT2D eigenvalue weighted by atomic mass is 19.1. The van der Waals surface area contributed by atoms with Gasteiger partial charge in [-0.25, -0.2) is 18.9 Å². The van der Waals surface area contributed by atoms with Crippen molar-refractivity contribution < 1.29 is 4.39 Å². The predicted octanol–water partition coefficient (Wildman–Crippen LogP) is 1.39. The Balaban J connectivity index is 2.00. The lowest BCUT2D eigenvalue weighted by Crippen LogP contribution is -1.94. The van der Waals surface area contributed by atoms with Crippen LogP contribution in [0.15, 0.2) is 31.0 Å². The number of nitrogens with one attached hydrogen (secondary N) is 1. The number of H-pyrrole nitrogens is 1. The van der Waals surface area contributed by atoms with E-state index >= 15 is 0 Å². The Morgan fingerprint density at radius 3 is 3.10 bits per heavy atom. The lowest BCUT2D eigenvalue weighted by Gasteiger charge is -2.01. The Bertz CT molecular complexity index is 939. The highest BCUT2D eigenvalue weighted by molar-refractivity contribution is 5.93. The van der Waals surface area contributed by atoms with Gasteiger partial charge in [-0.05, 0) is 6.07 Å². The van der Waals surface area contributed by atoms with Crippen LogP contribution in [0.3, 0.4) is 0 Å². The molecule has 20 heavy (non-hydrogen) atoms. The molecule has 0 amide bonds. The number of rotatable bonds is 1. The van der Waals surface area contributed by atoms with Crippen molar-refractivity contribution in [3.8, 4) is 11.1 Å². The van der Waals surface area contributed by atoms with Gasteiger partial charge in [0.25, 0.3) is 0 Å². The molecule has 0 aliphatic rings. The van der Waals surface area contributed by atoms with E-state index < -0.39 is 5.82 Å². The molecule has 4 heterocycles. The van der Waals surface area contributed by atoms with Crippen molar-refractivity contribution in [1.29, 1.82) is 0 Å². The minimum Gasteiger partial charge on any atom is -0.368 e. The third kappa shape index (κ3) is 1.44. The predicted molar refractivity (Wildman–Crippen MR) is 70.2 cm³/mol. The summed E-state index contributed by atoms with van der Waals surface area (Å²) in [6.07, 6.45) is 6.34. The van der Waals surface area contributed by atoms with Crippen molar-refractivity contribution in [1.82, 2.24) is 29.5 Å². The van der Waals surface area contributed by atoms with E-state index in [1.807, 2.05) is 0 Å². The fourth-order valence-corrected chi connectivity index (χ4v) is 2.19. The van der Waals surface area contributed by atoms with E-state index in [9.17, 15) is 4.39 Å². The molecule has 0 unspecified atom stereocenters. The third-order valence-corrected chi connectivity index (χ3v) is 3.09. The number of hydrogen-bond donors (Lipinski definition) is 2. The van der Waals surface area contributed by atoms with Crippen molar-refractivity contribution >= 4 is 22.6 Å². The van der Waals surface area contributed by atoms with Crippen LogP contribution in [0.2, 0.25) is 0 Å². The molecule has 0 bridgehead atoms. The van der Waals surface area contributed by atoms with Gasteiger partial charge in [0.05, 0.1) is 0 Å². The van der Waals surface area contributed by atoms with Crippen LogP contribution in [0, 0.1) is 5.82 Å². The maximum Gasteiger partial charge on any atom is 0.221 e. The van der Waals surface area contributed by atoms with Crippen molar-refractivity contribution in [3.63, 3.8) is 0 Å². The standard InChI is InChI=1S/C12H8FN7/c13-9-1-6(4-20-11(9)17-5-18-20)7-2-15-10-8(7)3-16-12(14)19-10/h1-5H,(H3,14,15,16,19). The van der Waals surface area contributed by atoms with Crippen molar-refractivity contribution in [2.45, 2.75) is 0 Å². The Labute approximate surface area is 111 Å². The molecule has 4 aromatic heterocycles. The lowest BCUT2D eigenvalue weighted by molar-refractivity contribution is 0.628. The van der Waals surface area contributed by atoms with Crippen LogP contribution in [0.25, 0.3) is 27.8 Å². The minimum absolute atomic E-state index is 0.184. The number of pyridine rings is 1. The van der Waals surface area contributed by atoms with Crippen LogP contribution in [0.4, 0.5) is 10.3 Å². The molecule has 0 aromatic carbocycles. The molecule has 8 heteroatoms. The van der Waals surface area contributed by atoms with Crippen LogP contribution < -0.4 is 5.73 Å². The molecule has 7 nitrogen and oxygen atoms in total. The summed E-state index contributed by atoms with van der Waals surface area (Å²) < 4.78 is 15.3. The summed E-state index contributed by atoms with van der Waals surface area (Å²) in [7, 11) is 0. The Morgan fingerprint density at radius 1 is 1.30 bits per heavy atom. The van der Waals surface area contributed by atoms with Crippen molar-refractivity contribution in [3.05, 3.63) is 36.8 Å². The molecule has 4 rings (SSSR count). The second-order valence-corrected chi connectivity index (χ2v) is 4.30. The van der Waals surface area contributed by atoms with Gasteiger partial charge in [-0.15, -0.1) is 0 Å². The molecule has 0 saturated carbocycles. The van der Waals surface area contributed by atoms with Crippen molar-refractivity contribution in [2.24, 2.45) is 0 Å². The van der Waals surface area contributed by atoms with Crippen LogP contribution in [0.5, 0.6) is 0 Å². The minimum atomic E-state index is -0.439. The highest BCUT2D eigenvalue weighted by Crippen LogP contribution is 2.28. The van der Waals surface area contributed by atoms with Crippen LogP contribution in [0.1, 0.15) is 0 Å². The Hall–Kier alpha value is -3.03. The van der Waals surface area contributed by atoms with Gasteiger partial charge in [0.2, 0.25) is 5.95 Å². The van der Waals surface area contributed by atoms with Gasteiger partial charge in [0.1, 0.15) is 12.0 Å². The molecule has 0 atom stereocenters. The maximum atomic E-state index is 14.0. The van der Waals surface area contributed by atoms with E-state index in [0.717, 1.165) is 10.9 Å². The molecule has 0 saturated heterocycles. The Kier molecular flexibility index (Phi) is 2.02. The molecular formula is C12H8FN7. The number of aromatic amines is 1. The summed E-state index contributed by atoms with van der Waals surface area (Å²) in [5.41, 5.74) is 7.75. The fourth-order valence-electron chi connectivity index (χ4n) is 2.19. The quantitative estimate of drug-likeness (QED) is 0.544. The number of hydrogen-bond acceptors (Lipinski definition) is 5. The van der Waals surface area contributed by atoms with E-state index in [0.29, 0.717) is 11.2 Å². The third-order valence-electron chi connectivity index (χ3n) is 3.09. The van der Waals surface area contributed by atoms with Gasteiger partial charge >= 0.3 is 0 Å². The topological polar surface area (TPSA) is 97.8 Å². The number of nitrogen functional groups attached to an aromatic ring is 1. The number of aromatic nitrogens is 6. The Morgan fingerprint density at radius 2 is 2.20 bits per heavy atom. The second-order valence-electron chi connectivity index (χ2n) is 4.30. The molecule has 3 N–H and O–H groups in total. The van der Waals surface area contributed by atoms with Gasteiger partial charge in [-0.1, -0.05) is 0 Å². The molecular weight excluding hydrogens is 261 g/mol. The van der Waals surface area contributed by atoms with Crippen LogP contribution in [-0.2, 0) is 0 Å². The van der Waals surface area contributed by atoms with E-state index in [2.05, 4.69) is 25.0 Å². The average Bonchev–Trinajstić information content (AvgIpc) is 3.03. The summed E-state index contributed by atoms with van der Waals surface area (Å²) in [6, 6.07) is 1.41.